The summed E-state index contributed by atoms with van der Waals surface area (Å²) in [5.41, 5.74) is 0.756. The van der Waals surface area contributed by atoms with Gasteiger partial charge in [-0.1, -0.05) is 6.07 Å². The highest BCUT2D eigenvalue weighted by molar-refractivity contribution is 7.90. The second-order valence-electron chi connectivity index (χ2n) is 4.17. The second-order valence-corrected chi connectivity index (χ2v) is 6.18. The summed E-state index contributed by atoms with van der Waals surface area (Å²) in [5, 5.41) is 3.13. The first-order valence-electron chi connectivity index (χ1n) is 5.54. The number of hydrogen-bond acceptors (Lipinski definition) is 4. The molecule has 0 aliphatic rings. The maximum atomic E-state index is 11.4. The van der Waals surface area contributed by atoms with Crippen molar-refractivity contribution in [3.63, 3.8) is 0 Å². The van der Waals surface area contributed by atoms with Gasteiger partial charge in [0.1, 0.15) is 11.5 Å². The van der Waals surface area contributed by atoms with Crippen LogP contribution in [0, 0.1) is 6.92 Å². The van der Waals surface area contributed by atoms with Gasteiger partial charge in [-0.05, 0) is 37.3 Å². The van der Waals surface area contributed by atoms with E-state index in [1.807, 2.05) is 25.1 Å². The Balaban J connectivity index is 2.11. The third-order valence-corrected chi connectivity index (χ3v) is 3.64. The van der Waals surface area contributed by atoms with Crippen molar-refractivity contribution in [1.29, 1.82) is 0 Å². The molecule has 0 saturated heterocycles. The molecule has 4 nitrogen and oxygen atoms in total. The second kappa shape index (κ2) is 4.86. The van der Waals surface area contributed by atoms with Crippen molar-refractivity contribution in [2.45, 2.75) is 18.4 Å². The summed E-state index contributed by atoms with van der Waals surface area (Å²) < 4.78 is 28.3. The van der Waals surface area contributed by atoms with E-state index in [1.54, 1.807) is 18.2 Å². The number of anilines is 1. The molecule has 0 atom stereocenters. The number of nitrogens with one attached hydrogen (secondary N) is 1. The van der Waals surface area contributed by atoms with Gasteiger partial charge in [-0.15, -0.1) is 0 Å². The van der Waals surface area contributed by atoms with E-state index >= 15 is 0 Å². The molecule has 0 saturated carbocycles. The van der Waals surface area contributed by atoms with Crippen molar-refractivity contribution < 1.29 is 12.8 Å². The molecule has 2 aromatic rings. The summed E-state index contributed by atoms with van der Waals surface area (Å²) in [6, 6.07) is 10.5. The van der Waals surface area contributed by atoms with Gasteiger partial charge in [0.05, 0.1) is 11.4 Å². The lowest BCUT2D eigenvalue weighted by molar-refractivity contribution is 0.490. The van der Waals surface area contributed by atoms with E-state index in [2.05, 4.69) is 5.32 Å². The topological polar surface area (TPSA) is 59.3 Å². The molecule has 0 amide bonds. The third-order valence-electron chi connectivity index (χ3n) is 2.52. The molecule has 0 unspecified atom stereocenters. The highest BCUT2D eigenvalue weighted by Gasteiger charge is 2.07. The van der Waals surface area contributed by atoms with Crippen LogP contribution in [-0.4, -0.2) is 14.7 Å². The van der Waals surface area contributed by atoms with Gasteiger partial charge in [-0.25, -0.2) is 8.42 Å². The van der Waals surface area contributed by atoms with E-state index in [9.17, 15) is 8.42 Å². The molecule has 1 aromatic heterocycles. The van der Waals surface area contributed by atoms with E-state index < -0.39 is 9.84 Å². The van der Waals surface area contributed by atoms with Crippen LogP contribution >= 0.6 is 0 Å². The van der Waals surface area contributed by atoms with Gasteiger partial charge in [0.25, 0.3) is 0 Å². The quantitative estimate of drug-likeness (QED) is 0.923. The van der Waals surface area contributed by atoms with Crippen LogP contribution in [0.4, 0.5) is 5.69 Å². The summed E-state index contributed by atoms with van der Waals surface area (Å²) in [6.07, 6.45) is 1.20. The van der Waals surface area contributed by atoms with Gasteiger partial charge in [-0.2, -0.15) is 0 Å². The average molecular weight is 265 g/mol. The Morgan fingerprint density at radius 3 is 2.61 bits per heavy atom. The molecule has 0 fully saturated rings. The standard InChI is InChI=1S/C13H15NO3S/c1-10-6-7-12(17-10)9-14-11-4-3-5-13(8-11)18(2,15)16/h3-8,14H,9H2,1-2H3. The Labute approximate surface area is 107 Å². The lowest BCUT2D eigenvalue weighted by Crippen LogP contribution is -2.01. The number of furan rings is 1. The Hall–Kier alpha value is -1.75. The third kappa shape index (κ3) is 3.13. The molecule has 1 heterocycles. The molecule has 96 valence electrons. The fourth-order valence-corrected chi connectivity index (χ4v) is 2.27. The minimum atomic E-state index is -3.17. The van der Waals surface area contributed by atoms with Crippen LogP contribution in [0.5, 0.6) is 0 Å². The first-order valence-corrected chi connectivity index (χ1v) is 7.43. The average Bonchev–Trinajstić information content (AvgIpc) is 2.72. The number of aryl methyl sites for hydroxylation is 1. The van der Waals surface area contributed by atoms with Gasteiger partial charge < -0.3 is 9.73 Å². The molecule has 18 heavy (non-hydrogen) atoms. The van der Waals surface area contributed by atoms with Gasteiger partial charge >= 0.3 is 0 Å². The molecule has 0 radical (unpaired) electrons. The van der Waals surface area contributed by atoms with Gasteiger partial charge in [0, 0.05) is 11.9 Å². The van der Waals surface area contributed by atoms with Gasteiger partial charge in [-0.3, -0.25) is 0 Å². The normalized spacial score (nSPS) is 11.4. The number of benzene rings is 1. The molecule has 0 aliphatic carbocycles. The largest absolute Gasteiger partial charge is 0.465 e. The molecular formula is C13H15NO3S. The summed E-state index contributed by atoms with van der Waals surface area (Å²) >= 11 is 0. The Morgan fingerprint density at radius 2 is 2.00 bits per heavy atom. The van der Waals surface area contributed by atoms with Crippen LogP contribution < -0.4 is 5.32 Å². The van der Waals surface area contributed by atoms with Crippen molar-refractivity contribution >= 4 is 15.5 Å². The Morgan fingerprint density at radius 1 is 1.22 bits per heavy atom. The predicted octanol–water partition coefficient (Wildman–Crippen LogP) is 2.60. The van der Waals surface area contributed by atoms with Crippen LogP contribution in [0.2, 0.25) is 0 Å². The molecule has 2 rings (SSSR count). The van der Waals surface area contributed by atoms with Crippen molar-refractivity contribution in [2.75, 3.05) is 11.6 Å². The lowest BCUT2D eigenvalue weighted by Gasteiger charge is -2.06. The monoisotopic (exact) mass is 265 g/mol. The van der Waals surface area contributed by atoms with E-state index in [1.165, 1.54) is 6.26 Å². The first-order chi connectivity index (χ1) is 8.45. The zero-order valence-corrected chi connectivity index (χ0v) is 11.1. The molecule has 0 aliphatic heterocycles. The van der Waals surface area contributed by atoms with E-state index in [0.717, 1.165) is 17.2 Å². The Kier molecular flexibility index (Phi) is 3.43. The highest BCUT2D eigenvalue weighted by atomic mass is 32.2. The van der Waals surface area contributed by atoms with Crippen LogP contribution in [0.25, 0.3) is 0 Å². The number of hydrogen-bond donors (Lipinski definition) is 1. The van der Waals surface area contributed by atoms with Gasteiger partial charge in [0.15, 0.2) is 9.84 Å². The predicted molar refractivity (Wildman–Crippen MR) is 70.3 cm³/mol. The molecule has 0 spiro atoms. The lowest BCUT2D eigenvalue weighted by atomic mass is 10.3. The van der Waals surface area contributed by atoms with E-state index in [-0.39, 0.29) is 0 Å². The smallest absolute Gasteiger partial charge is 0.175 e. The molecule has 0 bridgehead atoms. The summed E-state index contributed by atoms with van der Waals surface area (Å²) in [4.78, 5) is 0.308. The fraction of sp³-hybridized carbons (Fsp3) is 0.231. The van der Waals surface area contributed by atoms with Crippen molar-refractivity contribution in [1.82, 2.24) is 0 Å². The fourth-order valence-electron chi connectivity index (χ4n) is 1.61. The molecular weight excluding hydrogens is 250 g/mol. The molecule has 1 N–H and O–H groups in total. The van der Waals surface area contributed by atoms with Crippen LogP contribution in [-0.2, 0) is 16.4 Å². The van der Waals surface area contributed by atoms with E-state index in [0.29, 0.717) is 11.4 Å². The minimum Gasteiger partial charge on any atom is -0.465 e. The van der Waals surface area contributed by atoms with Crippen molar-refractivity contribution in [3.05, 3.63) is 47.9 Å². The van der Waals surface area contributed by atoms with Crippen LogP contribution in [0.1, 0.15) is 11.5 Å². The summed E-state index contributed by atoms with van der Waals surface area (Å²) in [7, 11) is -3.17. The zero-order chi connectivity index (χ0) is 13.2. The Bertz CT molecular complexity index is 644. The number of sulfone groups is 1. The number of rotatable bonds is 4. The molecule has 1 aromatic carbocycles. The maximum Gasteiger partial charge on any atom is 0.175 e. The van der Waals surface area contributed by atoms with Crippen LogP contribution in [0.3, 0.4) is 0 Å². The first kappa shape index (κ1) is 12.7. The summed E-state index contributed by atoms with van der Waals surface area (Å²) in [6.45, 7) is 2.41. The minimum absolute atomic E-state index is 0.308. The molecule has 5 heteroatoms. The zero-order valence-electron chi connectivity index (χ0n) is 10.3. The maximum absolute atomic E-state index is 11.4. The van der Waals surface area contributed by atoms with Crippen LogP contribution in [0.15, 0.2) is 45.7 Å². The summed E-state index contributed by atoms with van der Waals surface area (Å²) in [5.74, 6) is 1.67. The van der Waals surface area contributed by atoms with Gasteiger partial charge in [0.2, 0.25) is 0 Å². The SMILES string of the molecule is Cc1ccc(CNc2cccc(S(C)(=O)=O)c2)o1. The highest BCUT2D eigenvalue weighted by Crippen LogP contribution is 2.16. The van der Waals surface area contributed by atoms with E-state index in [4.69, 9.17) is 4.42 Å². The van der Waals surface area contributed by atoms with Crippen molar-refractivity contribution in [2.24, 2.45) is 0 Å². The van der Waals surface area contributed by atoms with Crippen molar-refractivity contribution in [3.8, 4) is 0 Å².